The van der Waals surface area contributed by atoms with Gasteiger partial charge in [0.25, 0.3) is 0 Å². The Labute approximate surface area is 259 Å². The standard InChI is InChI=1S/C36H28N4O.Pd/c1-23-16-17-37-35(20-23)39-33-13-9-8-12-31(33)32-15-14-29(22-34(32)39)41-30-19-24(2)18-28(21-30)40-26(4)36(25(3)38-40)27-10-6-5-7-11-27;/h5-20H,1-4H3;/q-2;+2. The van der Waals surface area contributed by atoms with E-state index in [2.05, 4.69) is 109 Å². The maximum absolute atomic E-state index is 6.42. The number of pyridine rings is 1. The van der Waals surface area contributed by atoms with E-state index in [9.17, 15) is 0 Å². The Balaban J connectivity index is 0.00000316. The molecule has 6 heteroatoms. The van der Waals surface area contributed by atoms with Crippen molar-refractivity contribution in [2.45, 2.75) is 27.7 Å². The zero-order chi connectivity index (χ0) is 28.1. The molecule has 0 saturated carbocycles. The van der Waals surface area contributed by atoms with Gasteiger partial charge in [0.05, 0.1) is 5.69 Å². The van der Waals surface area contributed by atoms with Crippen molar-refractivity contribution in [3.8, 4) is 34.1 Å². The minimum atomic E-state index is 0. The summed E-state index contributed by atoms with van der Waals surface area (Å²) < 4.78 is 10.5. The summed E-state index contributed by atoms with van der Waals surface area (Å²) in [7, 11) is 0. The number of hydrogen-bond donors (Lipinski definition) is 0. The number of rotatable bonds is 5. The zero-order valence-corrected chi connectivity index (χ0v) is 25.3. The number of aromatic nitrogens is 4. The van der Waals surface area contributed by atoms with Crippen molar-refractivity contribution in [3.05, 3.63) is 132 Å². The number of hydrogen-bond acceptors (Lipinski definition) is 3. The van der Waals surface area contributed by atoms with Crippen LogP contribution in [0.3, 0.4) is 0 Å². The molecule has 0 radical (unpaired) electrons. The molecule has 0 spiro atoms. The van der Waals surface area contributed by atoms with Crippen molar-refractivity contribution in [1.29, 1.82) is 0 Å². The van der Waals surface area contributed by atoms with Crippen LogP contribution in [0, 0.1) is 39.8 Å². The Morgan fingerprint density at radius 1 is 0.714 bits per heavy atom. The summed E-state index contributed by atoms with van der Waals surface area (Å²) in [5, 5.41) is 7.12. The Morgan fingerprint density at radius 2 is 1.50 bits per heavy atom. The Hall–Kier alpha value is -4.50. The molecule has 3 heterocycles. The topological polar surface area (TPSA) is 44.9 Å². The fourth-order valence-electron chi connectivity index (χ4n) is 5.66. The molecular weight excluding hydrogens is 611 g/mol. The van der Waals surface area contributed by atoms with Gasteiger partial charge < -0.3 is 9.30 Å². The van der Waals surface area contributed by atoms with Gasteiger partial charge in [-0.3, -0.25) is 4.68 Å². The quantitative estimate of drug-likeness (QED) is 0.140. The van der Waals surface area contributed by atoms with E-state index in [4.69, 9.17) is 9.84 Å². The largest absolute Gasteiger partial charge is 2.00 e. The van der Waals surface area contributed by atoms with E-state index in [1.54, 1.807) is 0 Å². The van der Waals surface area contributed by atoms with E-state index in [1.807, 2.05) is 42.1 Å². The van der Waals surface area contributed by atoms with Crippen LogP contribution in [0.5, 0.6) is 11.5 Å². The maximum Gasteiger partial charge on any atom is 2.00 e. The molecule has 3 aromatic heterocycles. The Bertz CT molecular complexity index is 2070. The second-order valence-electron chi connectivity index (χ2n) is 10.5. The summed E-state index contributed by atoms with van der Waals surface area (Å²) in [6.07, 6.45) is 1.84. The van der Waals surface area contributed by atoms with Crippen LogP contribution in [0.2, 0.25) is 0 Å². The van der Waals surface area contributed by atoms with Gasteiger partial charge in [-0.15, -0.1) is 35.7 Å². The second-order valence-corrected chi connectivity index (χ2v) is 10.5. The molecular formula is C36H28N4OPd. The van der Waals surface area contributed by atoms with Gasteiger partial charge in [-0.1, -0.05) is 61.0 Å². The van der Waals surface area contributed by atoms with Crippen LogP contribution in [0.4, 0.5) is 0 Å². The molecule has 0 atom stereocenters. The van der Waals surface area contributed by atoms with Gasteiger partial charge in [0.1, 0.15) is 5.82 Å². The predicted octanol–water partition coefficient (Wildman–Crippen LogP) is 8.66. The van der Waals surface area contributed by atoms with Crippen molar-refractivity contribution >= 4 is 21.8 Å². The van der Waals surface area contributed by atoms with Gasteiger partial charge in [0.15, 0.2) is 0 Å². The molecule has 4 aromatic carbocycles. The van der Waals surface area contributed by atoms with Crippen LogP contribution in [0.1, 0.15) is 22.5 Å². The molecule has 0 N–H and O–H groups in total. The number of para-hydroxylation sites is 1. The minimum absolute atomic E-state index is 0. The molecule has 5 nitrogen and oxygen atoms in total. The van der Waals surface area contributed by atoms with Gasteiger partial charge >= 0.3 is 20.4 Å². The summed E-state index contributed by atoms with van der Waals surface area (Å²) in [6.45, 7) is 8.28. The minimum Gasteiger partial charge on any atom is -0.509 e. The summed E-state index contributed by atoms with van der Waals surface area (Å²) in [5.74, 6) is 2.08. The van der Waals surface area contributed by atoms with Gasteiger partial charge in [-0.25, -0.2) is 4.98 Å². The molecule has 42 heavy (non-hydrogen) atoms. The van der Waals surface area contributed by atoms with Gasteiger partial charge in [0.2, 0.25) is 0 Å². The Morgan fingerprint density at radius 3 is 2.31 bits per heavy atom. The van der Waals surface area contributed by atoms with Crippen LogP contribution in [0.15, 0.2) is 97.2 Å². The van der Waals surface area contributed by atoms with E-state index in [-0.39, 0.29) is 20.4 Å². The van der Waals surface area contributed by atoms with Crippen LogP contribution >= 0.6 is 0 Å². The number of fused-ring (bicyclic) bond motifs is 3. The van der Waals surface area contributed by atoms with E-state index in [0.717, 1.165) is 67.0 Å². The molecule has 0 saturated heterocycles. The fraction of sp³-hybridized carbons (Fsp3) is 0.111. The first-order valence-corrected chi connectivity index (χ1v) is 13.7. The zero-order valence-electron chi connectivity index (χ0n) is 23.8. The van der Waals surface area contributed by atoms with Crippen molar-refractivity contribution in [1.82, 2.24) is 19.3 Å². The molecule has 0 unspecified atom stereocenters. The smallest absolute Gasteiger partial charge is 0.509 e. The fourth-order valence-corrected chi connectivity index (χ4v) is 5.66. The summed E-state index contributed by atoms with van der Waals surface area (Å²) in [6, 6.07) is 38.0. The monoisotopic (exact) mass is 638 g/mol. The molecule has 208 valence electrons. The molecule has 0 aliphatic heterocycles. The van der Waals surface area contributed by atoms with Crippen molar-refractivity contribution in [3.63, 3.8) is 0 Å². The molecule has 0 fully saturated rings. The van der Waals surface area contributed by atoms with Crippen molar-refractivity contribution in [2.24, 2.45) is 0 Å². The average molecular weight is 639 g/mol. The first-order valence-electron chi connectivity index (χ1n) is 13.7. The third-order valence-corrected chi connectivity index (χ3v) is 7.46. The SMILES string of the molecule is Cc1cc(Oc2[c-]c3c(cc2)c2ccccc2n3-c2cc(C)ccn2)[c-]c(-n2nc(C)c(-c3ccccc3)c2C)c1.[Pd+2]. The van der Waals surface area contributed by atoms with Crippen molar-refractivity contribution < 1.29 is 25.2 Å². The second kappa shape index (κ2) is 11.1. The molecule has 0 amide bonds. The van der Waals surface area contributed by atoms with Gasteiger partial charge in [0, 0.05) is 34.5 Å². The number of aryl methyl sites for hydroxylation is 3. The van der Waals surface area contributed by atoms with E-state index in [0.29, 0.717) is 11.5 Å². The van der Waals surface area contributed by atoms with E-state index < -0.39 is 0 Å². The Kier molecular flexibility index (Phi) is 7.28. The first kappa shape index (κ1) is 27.7. The van der Waals surface area contributed by atoms with Crippen molar-refractivity contribution in [2.75, 3.05) is 0 Å². The predicted molar refractivity (Wildman–Crippen MR) is 164 cm³/mol. The molecule has 0 bridgehead atoms. The van der Waals surface area contributed by atoms with E-state index in [1.165, 1.54) is 0 Å². The number of ether oxygens (including phenoxy) is 1. The first-order chi connectivity index (χ1) is 20.0. The summed E-state index contributed by atoms with van der Waals surface area (Å²) in [5.41, 5.74) is 9.36. The van der Waals surface area contributed by atoms with Gasteiger partial charge in [-0.05, 0) is 61.2 Å². The summed E-state index contributed by atoms with van der Waals surface area (Å²) in [4.78, 5) is 4.68. The van der Waals surface area contributed by atoms with E-state index >= 15 is 0 Å². The normalized spacial score (nSPS) is 11.1. The van der Waals surface area contributed by atoms with Crippen LogP contribution < -0.4 is 4.74 Å². The number of benzene rings is 4. The molecule has 0 aliphatic rings. The van der Waals surface area contributed by atoms with Crippen LogP contribution in [-0.2, 0) is 20.4 Å². The maximum atomic E-state index is 6.42. The molecule has 7 aromatic rings. The number of nitrogens with zero attached hydrogens (tertiary/aromatic N) is 4. The molecule has 0 aliphatic carbocycles. The van der Waals surface area contributed by atoms with Gasteiger partial charge in [-0.2, -0.15) is 16.7 Å². The van der Waals surface area contributed by atoms with Crippen LogP contribution in [-0.4, -0.2) is 19.3 Å². The third kappa shape index (κ3) is 4.83. The third-order valence-electron chi connectivity index (χ3n) is 7.46. The molecule has 7 rings (SSSR count). The average Bonchev–Trinajstić information content (AvgIpc) is 3.46. The summed E-state index contributed by atoms with van der Waals surface area (Å²) >= 11 is 0. The van der Waals surface area contributed by atoms with Crippen LogP contribution in [0.25, 0.3) is 44.4 Å².